The first-order chi connectivity index (χ1) is 9.95. The van der Waals surface area contributed by atoms with Crippen molar-refractivity contribution in [3.05, 3.63) is 35.2 Å². The van der Waals surface area contributed by atoms with Gasteiger partial charge in [-0.15, -0.1) is 5.10 Å². The molecule has 0 aliphatic rings. The predicted molar refractivity (Wildman–Crippen MR) is 71.3 cm³/mol. The molecule has 1 aromatic carbocycles. The normalized spacial score (nSPS) is 10.2. The molecule has 8 nitrogen and oxygen atoms in total. The Labute approximate surface area is 119 Å². The van der Waals surface area contributed by atoms with Crippen LogP contribution in [0, 0.1) is 13.8 Å². The summed E-state index contributed by atoms with van der Waals surface area (Å²) in [7, 11) is 0. The van der Waals surface area contributed by atoms with E-state index in [1.165, 1.54) is 18.2 Å². The summed E-state index contributed by atoms with van der Waals surface area (Å²) in [5.41, 5.74) is 0.780. The number of aromatic nitrogens is 2. The number of hydrogen-bond donors (Lipinski definition) is 2. The average Bonchev–Trinajstić information content (AvgIpc) is 2.82. The van der Waals surface area contributed by atoms with Crippen molar-refractivity contribution in [1.29, 1.82) is 0 Å². The van der Waals surface area contributed by atoms with Crippen molar-refractivity contribution in [3.8, 4) is 5.75 Å². The van der Waals surface area contributed by atoms with Crippen LogP contribution in [0.4, 0.5) is 6.01 Å². The van der Waals surface area contributed by atoms with Crippen molar-refractivity contribution in [1.82, 2.24) is 10.2 Å². The van der Waals surface area contributed by atoms with E-state index in [-0.39, 0.29) is 18.2 Å². The second-order valence-electron chi connectivity index (χ2n) is 4.25. The van der Waals surface area contributed by atoms with E-state index in [0.717, 1.165) is 0 Å². The Morgan fingerprint density at radius 3 is 2.67 bits per heavy atom. The number of aromatic carboxylic acids is 1. The van der Waals surface area contributed by atoms with E-state index < -0.39 is 11.9 Å². The molecule has 0 saturated heterocycles. The van der Waals surface area contributed by atoms with Crippen molar-refractivity contribution >= 4 is 17.9 Å². The number of carbonyl (C=O) groups is 2. The number of anilines is 1. The van der Waals surface area contributed by atoms with Gasteiger partial charge in [-0.05, 0) is 30.7 Å². The summed E-state index contributed by atoms with van der Waals surface area (Å²) in [4.78, 5) is 22.4. The molecule has 2 rings (SSSR count). The van der Waals surface area contributed by atoms with Crippen LogP contribution in [-0.4, -0.2) is 33.8 Å². The zero-order valence-electron chi connectivity index (χ0n) is 11.4. The maximum absolute atomic E-state index is 11.6. The van der Waals surface area contributed by atoms with Crippen LogP contribution >= 0.6 is 0 Å². The van der Waals surface area contributed by atoms with Gasteiger partial charge >= 0.3 is 12.0 Å². The zero-order chi connectivity index (χ0) is 15.4. The van der Waals surface area contributed by atoms with E-state index >= 15 is 0 Å². The summed E-state index contributed by atoms with van der Waals surface area (Å²) in [5.74, 6) is -0.710. The first kappa shape index (κ1) is 14.5. The summed E-state index contributed by atoms with van der Waals surface area (Å²) in [5, 5.41) is 18.4. The van der Waals surface area contributed by atoms with E-state index in [0.29, 0.717) is 17.2 Å². The molecule has 110 valence electrons. The molecule has 21 heavy (non-hydrogen) atoms. The summed E-state index contributed by atoms with van der Waals surface area (Å²) in [6, 6.07) is 4.38. The number of rotatable bonds is 5. The fourth-order valence-corrected chi connectivity index (χ4v) is 1.59. The summed E-state index contributed by atoms with van der Waals surface area (Å²) in [6.07, 6.45) is 0. The van der Waals surface area contributed by atoms with Gasteiger partial charge < -0.3 is 14.3 Å². The first-order valence-electron chi connectivity index (χ1n) is 6.02. The number of nitrogens with one attached hydrogen (secondary N) is 1. The van der Waals surface area contributed by atoms with Gasteiger partial charge in [0.05, 0.1) is 5.56 Å². The second kappa shape index (κ2) is 6.04. The van der Waals surface area contributed by atoms with Gasteiger partial charge in [0.15, 0.2) is 6.61 Å². The lowest BCUT2D eigenvalue weighted by Crippen LogP contribution is -2.20. The van der Waals surface area contributed by atoms with Crippen molar-refractivity contribution < 1.29 is 23.8 Å². The van der Waals surface area contributed by atoms with Gasteiger partial charge in [-0.2, -0.15) is 0 Å². The third-order valence-electron chi connectivity index (χ3n) is 2.55. The Morgan fingerprint density at radius 2 is 2.10 bits per heavy atom. The molecule has 2 N–H and O–H groups in total. The van der Waals surface area contributed by atoms with Crippen molar-refractivity contribution in [2.24, 2.45) is 0 Å². The standard InChI is InChI=1S/C13H13N3O5/c1-7-5-9(12(18)19)3-4-10(7)20-6-11(17)14-13-16-15-8(2)21-13/h3-5H,6H2,1-2H3,(H,18,19)(H,14,16,17). The quantitative estimate of drug-likeness (QED) is 0.855. The maximum atomic E-state index is 11.6. The predicted octanol–water partition coefficient (Wildman–Crippen LogP) is 1.40. The Kier molecular flexibility index (Phi) is 4.17. The van der Waals surface area contributed by atoms with Crippen LogP contribution < -0.4 is 10.1 Å². The van der Waals surface area contributed by atoms with Crippen LogP contribution in [0.5, 0.6) is 5.75 Å². The molecule has 0 unspecified atom stereocenters. The Balaban J connectivity index is 1.93. The molecule has 1 aromatic heterocycles. The van der Waals surface area contributed by atoms with E-state index in [1.54, 1.807) is 13.8 Å². The molecule has 0 saturated carbocycles. The van der Waals surface area contributed by atoms with Gasteiger partial charge in [-0.1, -0.05) is 5.10 Å². The number of carbonyl (C=O) groups excluding carboxylic acids is 1. The molecule has 0 spiro atoms. The van der Waals surface area contributed by atoms with E-state index in [1.807, 2.05) is 0 Å². The number of amides is 1. The lowest BCUT2D eigenvalue weighted by molar-refractivity contribution is -0.118. The summed E-state index contributed by atoms with van der Waals surface area (Å²) in [6.45, 7) is 3.04. The molecule has 8 heteroatoms. The molecule has 0 aliphatic heterocycles. The summed E-state index contributed by atoms with van der Waals surface area (Å²) < 4.78 is 10.3. The minimum atomic E-state index is -1.02. The van der Waals surface area contributed by atoms with Gasteiger partial charge in [0, 0.05) is 6.92 Å². The minimum Gasteiger partial charge on any atom is -0.483 e. The van der Waals surface area contributed by atoms with E-state index in [4.69, 9.17) is 14.3 Å². The van der Waals surface area contributed by atoms with E-state index in [9.17, 15) is 9.59 Å². The van der Waals surface area contributed by atoms with Crippen LogP contribution in [0.1, 0.15) is 21.8 Å². The summed E-state index contributed by atoms with van der Waals surface area (Å²) >= 11 is 0. The molecule has 0 radical (unpaired) electrons. The van der Waals surface area contributed by atoms with Crippen molar-refractivity contribution in [3.63, 3.8) is 0 Å². The van der Waals surface area contributed by atoms with Crippen LogP contribution in [0.2, 0.25) is 0 Å². The fraction of sp³-hybridized carbons (Fsp3) is 0.231. The second-order valence-corrected chi connectivity index (χ2v) is 4.25. The molecule has 0 bridgehead atoms. The third-order valence-corrected chi connectivity index (χ3v) is 2.55. The van der Waals surface area contributed by atoms with Crippen molar-refractivity contribution in [2.45, 2.75) is 13.8 Å². The van der Waals surface area contributed by atoms with Gasteiger partial charge in [-0.3, -0.25) is 10.1 Å². The largest absolute Gasteiger partial charge is 0.483 e. The number of benzene rings is 1. The average molecular weight is 291 g/mol. The van der Waals surface area contributed by atoms with Gasteiger partial charge in [0.2, 0.25) is 5.89 Å². The number of nitrogens with zero attached hydrogens (tertiary/aromatic N) is 2. The molecule has 1 amide bonds. The Bertz CT molecular complexity index is 680. The lowest BCUT2D eigenvalue weighted by atomic mass is 10.1. The van der Waals surface area contributed by atoms with Gasteiger partial charge in [0.25, 0.3) is 5.91 Å². The van der Waals surface area contributed by atoms with Crippen LogP contribution in [-0.2, 0) is 4.79 Å². The fourth-order valence-electron chi connectivity index (χ4n) is 1.59. The number of carboxylic acid groups (broad SMARTS) is 1. The monoisotopic (exact) mass is 291 g/mol. The number of hydrogen-bond acceptors (Lipinski definition) is 6. The highest BCUT2D eigenvalue weighted by Gasteiger charge is 2.10. The minimum absolute atomic E-state index is 0.000882. The van der Waals surface area contributed by atoms with Crippen LogP contribution in [0.3, 0.4) is 0 Å². The van der Waals surface area contributed by atoms with Gasteiger partial charge in [0.1, 0.15) is 5.75 Å². The molecular weight excluding hydrogens is 278 g/mol. The number of aryl methyl sites for hydroxylation is 2. The van der Waals surface area contributed by atoms with Crippen LogP contribution in [0.25, 0.3) is 0 Å². The molecule has 0 aliphatic carbocycles. The lowest BCUT2D eigenvalue weighted by Gasteiger charge is -2.08. The van der Waals surface area contributed by atoms with E-state index in [2.05, 4.69) is 15.5 Å². The molecule has 0 fully saturated rings. The molecule has 1 heterocycles. The van der Waals surface area contributed by atoms with Crippen molar-refractivity contribution in [2.75, 3.05) is 11.9 Å². The first-order valence-corrected chi connectivity index (χ1v) is 6.02. The highest BCUT2D eigenvalue weighted by molar-refractivity contribution is 5.90. The molecule has 2 aromatic rings. The smallest absolute Gasteiger partial charge is 0.335 e. The van der Waals surface area contributed by atoms with Gasteiger partial charge in [-0.25, -0.2) is 4.79 Å². The number of ether oxygens (including phenoxy) is 1. The highest BCUT2D eigenvalue weighted by Crippen LogP contribution is 2.19. The number of carboxylic acids is 1. The topological polar surface area (TPSA) is 115 Å². The molecule has 0 atom stereocenters. The SMILES string of the molecule is Cc1nnc(NC(=O)COc2ccc(C(=O)O)cc2C)o1. The Hall–Kier alpha value is -2.90. The zero-order valence-corrected chi connectivity index (χ0v) is 11.4. The third kappa shape index (κ3) is 3.78. The maximum Gasteiger partial charge on any atom is 0.335 e. The highest BCUT2D eigenvalue weighted by atomic mass is 16.5. The molecular formula is C13H13N3O5. The Morgan fingerprint density at radius 1 is 1.33 bits per heavy atom. The van der Waals surface area contributed by atoms with Crippen LogP contribution in [0.15, 0.2) is 22.6 Å².